The number of carbonyl (C=O) groups is 4. The molecule has 0 aromatic carbocycles. The Morgan fingerprint density at radius 3 is 2.62 bits per heavy atom. The van der Waals surface area contributed by atoms with Gasteiger partial charge in [0.1, 0.15) is 6.61 Å². The van der Waals surface area contributed by atoms with Gasteiger partial charge in [-0.25, -0.2) is 0 Å². The van der Waals surface area contributed by atoms with Crippen molar-refractivity contribution in [3.05, 3.63) is 11.6 Å². The first kappa shape index (κ1) is 21.8. The van der Waals surface area contributed by atoms with Gasteiger partial charge in [-0.05, 0) is 67.8 Å². The van der Waals surface area contributed by atoms with E-state index in [0.717, 1.165) is 25.7 Å². The first-order chi connectivity index (χ1) is 15.2. The lowest BCUT2D eigenvalue weighted by Crippen LogP contribution is -2.56. The van der Waals surface area contributed by atoms with Crippen LogP contribution in [0.15, 0.2) is 11.6 Å². The van der Waals surface area contributed by atoms with E-state index in [0.29, 0.717) is 25.2 Å². The fourth-order valence-corrected chi connectivity index (χ4v) is 8.22. The number of hydrogen-bond acceptors (Lipinski definition) is 7. The standard InChI is InChI=1S/C25H32O7/c1-13(26)30-12-20(29)19-7-6-18-17-5-4-15-10-16(28)8-9-24(15,3)22(17)21-11-25(18,19)23(32-21)31-14(2)27/h10,17-19,21-23H,4-9,11-12H2,1-3H3. The normalized spacial score (nSPS) is 44.1. The molecule has 8 unspecified atom stereocenters. The van der Waals surface area contributed by atoms with E-state index in [1.165, 1.54) is 19.4 Å². The predicted octanol–water partition coefficient (Wildman–Crippen LogP) is 3.14. The highest BCUT2D eigenvalue weighted by molar-refractivity contribution is 5.91. The maximum absolute atomic E-state index is 13.2. The van der Waals surface area contributed by atoms with Gasteiger partial charge < -0.3 is 14.2 Å². The number of carbonyl (C=O) groups excluding carboxylic acids is 4. The quantitative estimate of drug-likeness (QED) is 0.615. The highest BCUT2D eigenvalue weighted by Crippen LogP contribution is 2.71. The number of esters is 2. The Morgan fingerprint density at radius 1 is 1.12 bits per heavy atom. The SMILES string of the molecule is CC(=O)OCC(=O)C1CCC2C3CCC4=CC(=O)CCC4(C)C3C3CC12C(OC(C)=O)O3. The van der Waals surface area contributed by atoms with E-state index >= 15 is 0 Å². The van der Waals surface area contributed by atoms with Gasteiger partial charge in [0.15, 0.2) is 11.6 Å². The van der Waals surface area contributed by atoms with E-state index in [1.54, 1.807) is 0 Å². The van der Waals surface area contributed by atoms with Crippen LogP contribution in [0.2, 0.25) is 0 Å². The minimum Gasteiger partial charge on any atom is -0.458 e. The topological polar surface area (TPSA) is 96.0 Å². The monoisotopic (exact) mass is 444 g/mol. The molecule has 8 atom stereocenters. The van der Waals surface area contributed by atoms with Crippen LogP contribution in [-0.2, 0) is 33.4 Å². The van der Waals surface area contributed by atoms with Crippen molar-refractivity contribution in [3.63, 3.8) is 0 Å². The summed E-state index contributed by atoms with van der Waals surface area (Å²) in [5.74, 6) is -0.313. The van der Waals surface area contributed by atoms with E-state index < -0.39 is 23.6 Å². The maximum Gasteiger partial charge on any atom is 0.304 e. The van der Waals surface area contributed by atoms with Crippen LogP contribution in [0.1, 0.15) is 65.7 Å². The zero-order chi connectivity index (χ0) is 22.8. The van der Waals surface area contributed by atoms with E-state index in [9.17, 15) is 19.2 Å². The molecular weight excluding hydrogens is 412 g/mol. The Bertz CT molecular complexity index is 906. The molecule has 0 radical (unpaired) electrons. The highest BCUT2D eigenvalue weighted by Gasteiger charge is 2.72. The highest BCUT2D eigenvalue weighted by atomic mass is 16.7. The summed E-state index contributed by atoms with van der Waals surface area (Å²) in [6.07, 6.45) is 6.47. The third-order valence-corrected chi connectivity index (χ3v) is 9.30. The summed E-state index contributed by atoms with van der Waals surface area (Å²) in [6.45, 7) is 4.71. The van der Waals surface area contributed by atoms with Gasteiger partial charge in [-0.2, -0.15) is 0 Å². The summed E-state index contributed by atoms with van der Waals surface area (Å²) in [6, 6.07) is 0. The molecule has 0 aromatic rings. The number of fused-ring (bicyclic) bond motifs is 6. The van der Waals surface area contributed by atoms with Gasteiger partial charge in [0.05, 0.1) is 6.10 Å². The van der Waals surface area contributed by atoms with Crippen molar-refractivity contribution < 1.29 is 33.4 Å². The zero-order valence-electron chi connectivity index (χ0n) is 19.1. The summed E-state index contributed by atoms with van der Waals surface area (Å²) in [5, 5.41) is 0. The van der Waals surface area contributed by atoms with Crippen LogP contribution in [0.5, 0.6) is 0 Å². The Balaban J connectivity index is 1.53. The van der Waals surface area contributed by atoms with Crippen LogP contribution < -0.4 is 0 Å². The third-order valence-electron chi connectivity index (χ3n) is 9.30. The molecule has 5 rings (SSSR count). The molecule has 3 saturated carbocycles. The second-order valence-electron chi connectivity index (χ2n) is 10.7. The molecule has 1 spiro atoms. The molecule has 0 amide bonds. The number of rotatable bonds is 4. The van der Waals surface area contributed by atoms with E-state index in [-0.39, 0.29) is 47.4 Å². The molecule has 0 aromatic heterocycles. The Hall–Kier alpha value is -2.02. The number of ketones is 2. The van der Waals surface area contributed by atoms with Crippen LogP contribution in [-0.4, -0.2) is 42.5 Å². The molecule has 4 aliphatic carbocycles. The van der Waals surface area contributed by atoms with Crippen molar-refractivity contribution >= 4 is 23.5 Å². The minimum absolute atomic E-state index is 0.0986. The van der Waals surface area contributed by atoms with Crippen molar-refractivity contribution in [1.29, 1.82) is 0 Å². The van der Waals surface area contributed by atoms with Crippen molar-refractivity contribution in [2.24, 2.45) is 34.5 Å². The average molecular weight is 445 g/mol. The molecule has 1 saturated heterocycles. The van der Waals surface area contributed by atoms with Crippen molar-refractivity contribution in [2.75, 3.05) is 6.61 Å². The number of ether oxygens (including phenoxy) is 3. The van der Waals surface area contributed by atoms with Gasteiger partial charge in [-0.15, -0.1) is 0 Å². The van der Waals surface area contributed by atoms with Crippen molar-refractivity contribution in [1.82, 2.24) is 0 Å². The second-order valence-corrected chi connectivity index (χ2v) is 10.7. The van der Waals surface area contributed by atoms with Gasteiger partial charge >= 0.3 is 11.9 Å². The Labute approximate surface area is 188 Å². The van der Waals surface area contributed by atoms with Crippen LogP contribution >= 0.6 is 0 Å². The second kappa shape index (κ2) is 7.51. The number of Topliss-reactive ketones (excluding diaryl/α,β-unsaturated/α-hetero) is 1. The molecule has 1 aliphatic heterocycles. The van der Waals surface area contributed by atoms with Gasteiger partial charge in [0.2, 0.25) is 6.29 Å². The van der Waals surface area contributed by atoms with Crippen LogP contribution in [0.3, 0.4) is 0 Å². The summed E-state index contributed by atoms with van der Waals surface area (Å²) in [5.41, 5.74) is 0.581. The van der Waals surface area contributed by atoms with Crippen molar-refractivity contribution in [3.8, 4) is 0 Å². The molecule has 1 heterocycles. The van der Waals surface area contributed by atoms with Crippen LogP contribution in [0.4, 0.5) is 0 Å². The summed E-state index contributed by atoms with van der Waals surface area (Å²) < 4.78 is 17.3. The summed E-state index contributed by atoms with van der Waals surface area (Å²) in [4.78, 5) is 48.6. The van der Waals surface area contributed by atoms with Crippen LogP contribution in [0.25, 0.3) is 0 Å². The smallest absolute Gasteiger partial charge is 0.304 e. The van der Waals surface area contributed by atoms with Gasteiger partial charge in [-0.3, -0.25) is 19.2 Å². The number of allylic oxidation sites excluding steroid dienone is 1. The van der Waals surface area contributed by atoms with E-state index in [2.05, 4.69) is 6.92 Å². The van der Waals surface area contributed by atoms with Gasteiger partial charge in [0, 0.05) is 31.6 Å². The first-order valence-corrected chi connectivity index (χ1v) is 11.9. The summed E-state index contributed by atoms with van der Waals surface area (Å²) in [7, 11) is 0. The molecule has 5 aliphatic rings. The maximum atomic E-state index is 13.2. The molecule has 32 heavy (non-hydrogen) atoms. The zero-order valence-corrected chi connectivity index (χ0v) is 19.1. The van der Waals surface area contributed by atoms with E-state index in [1.807, 2.05) is 6.08 Å². The lowest BCUT2D eigenvalue weighted by molar-refractivity contribution is -0.198. The average Bonchev–Trinajstić information content (AvgIpc) is 3.25. The number of hydrogen-bond donors (Lipinski definition) is 0. The third kappa shape index (κ3) is 3.03. The summed E-state index contributed by atoms with van der Waals surface area (Å²) >= 11 is 0. The Morgan fingerprint density at radius 2 is 1.91 bits per heavy atom. The Kier molecular flexibility index (Phi) is 5.11. The fourth-order valence-electron chi connectivity index (χ4n) is 8.22. The van der Waals surface area contributed by atoms with Gasteiger partial charge in [-0.1, -0.05) is 12.5 Å². The first-order valence-electron chi connectivity index (χ1n) is 11.9. The van der Waals surface area contributed by atoms with Crippen LogP contribution in [0, 0.1) is 34.5 Å². The predicted molar refractivity (Wildman–Crippen MR) is 112 cm³/mol. The molecule has 7 nitrogen and oxygen atoms in total. The molecular formula is C25H32O7. The van der Waals surface area contributed by atoms with Crippen molar-refractivity contribution in [2.45, 2.75) is 78.1 Å². The minimum atomic E-state index is -0.754. The lowest BCUT2D eigenvalue weighted by Gasteiger charge is -2.57. The largest absolute Gasteiger partial charge is 0.458 e. The lowest BCUT2D eigenvalue weighted by atomic mass is 9.46. The molecule has 4 fully saturated rings. The van der Waals surface area contributed by atoms with E-state index in [4.69, 9.17) is 14.2 Å². The fraction of sp³-hybridized carbons (Fsp3) is 0.760. The van der Waals surface area contributed by atoms with Gasteiger partial charge in [0.25, 0.3) is 0 Å². The molecule has 2 bridgehead atoms. The molecule has 7 heteroatoms. The molecule has 174 valence electrons. The molecule has 0 N–H and O–H groups in total.